The predicted molar refractivity (Wildman–Crippen MR) is 93.9 cm³/mol. The Balaban J connectivity index is 1.30. The third kappa shape index (κ3) is 3.65. The molecule has 3 heterocycles. The first-order chi connectivity index (χ1) is 11.6. The van der Waals surface area contributed by atoms with E-state index in [2.05, 4.69) is 22.1 Å². The van der Waals surface area contributed by atoms with Crippen molar-refractivity contribution in [2.75, 3.05) is 19.7 Å². The van der Waals surface area contributed by atoms with E-state index in [1.165, 1.54) is 4.88 Å². The zero-order valence-corrected chi connectivity index (χ0v) is 15.2. The summed E-state index contributed by atoms with van der Waals surface area (Å²) in [7, 11) is 0. The van der Waals surface area contributed by atoms with Crippen LogP contribution in [-0.2, 0) is 16.1 Å². The van der Waals surface area contributed by atoms with Gasteiger partial charge in [-0.1, -0.05) is 0 Å². The van der Waals surface area contributed by atoms with E-state index >= 15 is 0 Å². The van der Waals surface area contributed by atoms with Crippen LogP contribution in [0.15, 0.2) is 5.51 Å². The van der Waals surface area contributed by atoms with Gasteiger partial charge in [0.15, 0.2) is 0 Å². The van der Waals surface area contributed by atoms with E-state index in [0.29, 0.717) is 12.0 Å². The molecule has 1 aromatic rings. The molecule has 5 nitrogen and oxygen atoms in total. The fourth-order valence-electron chi connectivity index (χ4n) is 3.96. The minimum absolute atomic E-state index is 0.0149. The molecule has 1 aliphatic carbocycles. The summed E-state index contributed by atoms with van der Waals surface area (Å²) in [5.74, 6) is 0.573. The standard InChI is InChI=1S/C18H27N3O2S/c1-13-16(24-12-19-13)11-21-7-5-18(6-8-21)10-15(4-9-23-18)20-17(22)14-2-3-14/h12,14-15H,2-11H2,1H3,(H,20,22)/t15-/m1/s1. The van der Waals surface area contributed by atoms with Gasteiger partial charge in [0.2, 0.25) is 5.91 Å². The van der Waals surface area contributed by atoms with Crippen LogP contribution in [-0.4, -0.2) is 47.1 Å². The van der Waals surface area contributed by atoms with Crippen LogP contribution in [0.25, 0.3) is 0 Å². The molecule has 1 spiro atoms. The molecule has 0 aromatic carbocycles. The van der Waals surface area contributed by atoms with E-state index in [-0.39, 0.29) is 11.5 Å². The molecule has 1 saturated carbocycles. The molecule has 0 unspecified atom stereocenters. The third-order valence-electron chi connectivity index (χ3n) is 5.77. The average molecular weight is 350 g/mol. The topological polar surface area (TPSA) is 54.5 Å². The van der Waals surface area contributed by atoms with E-state index in [1.54, 1.807) is 11.3 Å². The normalized spacial score (nSPS) is 27.3. The summed E-state index contributed by atoms with van der Waals surface area (Å²) >= 11 is 1.75. The molecular weight excluding hydrogens is 322 g/mol. The number of carbonyl (C=O) groups is 1. The van der Waals surface area contributed by atoms with Crippen molar-refractivity contribution in [1.82, 2.24) is 15.2 Å². The summed E-state index contributed by atoms with van der Waals surface area (Å²) in [6.45, 7) is 6.02. The number of aromatic nitrogens is 1. The van der Waals surface area contributed by atoms with Gasteiger partial charge in [-0.3, -0.25) is 9.69 Å². The molecule has 3 aliphatic rings. The summed E-state index contributed by atoms with van der Waals surface area (Å²) in [5, 5.41) is 3.27. The number of rotatable bonds is 4. The summed E-state index contributed by atoms with van der Waals surface area (Å²) in [6, 6.07) is 0.308. The second-order valence-corrected chi connectivity index (χ2v) is 8.58. The number of aryl methyl sites for hydroxylation is 1. The van der Waals surface area contributed by atoms with Crippen molar-refractivity contribution in [3.05, 3.63) is 16.1 Å². The Morgan fingerprint density at radius 3 is 2.88 bits per heavy atom. The molecule has 1 aromatic heterocycles. The number of nitrogens with zero attached hydrogens (tertiary/aromatic N) is 2. The molecule has 2 aliphatic heterocycles. The second kappa shape index (κ2) is 6.73. The number of piperidine rings is 1. The monoisotopic (exact) mass is 349 g/mol. The van der Waals surface area contributed by atoms with Gasteiger partial charge in [-0.2, -0.15) is 0 Å². The predicted octanol–water partition coefficient (Wildman–Crippen LogP) is 2.49. The number of thiazole rings is 1. The van der Waals surface area contributed by atoms with Gasteiger partial charge < -0.3 is 10.1 Å². The SMILES string of the molecule is Cc1ncsc1CN1CCC2(CC1)C[C@H](NC(=O)C1CC1)CCO2. The largest absolute Gasteiger partial charge is 0.375 e. The Labute approximate surface area is 147 Å². The lowest BCUT2D eigenvalue weighted by molar-refractivity contribution is -0.132. The maximum Gasteiger partial charge on any atom is 0.223 e. The number of carbonyl (C=O) groups excluding carboxylic acids is 1. The van der Waals surface area contributed by atoms with Crippen molar-refractivity contribution in [3.63, 3.8) is 0 Å². The quantitative estimate of drug-likeness (QED) is 0.907. The highest BCUT2D eigenvalue weighted by atomic mass is 32.1. The fraction of sp³-hybridized carbons (Fsp3) is 0.778. The molecule has 132 valence electrons. The van der Waals surface area contributed by atoms with Gasteiger partial charge in [-0.15, -0.1) is 11.3 Å². The van der Waals surface area contributed by atoms with Crippen LogP contribution >= 0.6 is 11.3 Å². The Kier molecular flexibility index (Phi) is 4.62. The number of nitrogens with one attached hydrogen (secondary N) is 1. The molecule has 1 N–H and O–H groups in total. The second-order valence-electron chi connectivity index (χ2n) is 7.64. The first-order valence-electron chi connectivity index (χ1n) is 9.19. The van der Waals surface area contributed by atoms with Crippen LogP contribution < -0.4 is 5.32 Å². The van der Waals surface area contributed by atoms with Gasteiger partial charge in [-0.05, 0) is 45.4 Å². The lowest BCUT2D eigenvalue weighted by atomic mass is 9.82. The van der Waals surface area contributed by atoms with Gasteiger partial charge >= 0.3 is 0 Å². The molecule has 24 heavy (non-hydrogen) atoms. The van der Waals surface area contributed by atoms with E-state index in [9.17, 15) is 4.79 Å². The maximum absolute atomic E-state index is 12.0. The van der Waals surface area contributed by atoms with E-state index in [4.69, 9.17) is 4.74 Å². The van der Waals surface area contributed by atoms with Crippen LogP contribution in [0.5, 0.6) is 0 Å². The molecule has 0 bridgehead atoms. The highest BCUT2D eigenvalue weighted by Crippen LogP contribution is 2.36. The van der Waals surface area contributed by atoms with Crippen molar-refractivity contribution < 1.29 is 9.53 Å². The van der Waals surface area contributed by atoms with E-state index in [0.717, 1.165) is 70.5 Å². The Bertz CT molecular complexity index is 591. The lowest BCUT2D eigenvalue weighted by Crippen LogP contribution is -2.53. The summed E-state index contributed by atoms with van der Waals surface area (Å²) in [4.78, 5) is 20.3. The van der Waals surface area contributed by atoms with Crippen LogP contribution in [0.2, 0.25) is 0 Å². The maximum atomic E-state index is 12.0. The van der Waals surface area contributed by atoms with Crippen molar-refractivity contribution in [1.29, 1.82) is 0 Å². The van der Waals surface area contributed by atoms with Gasteiger partial charge in [0.1, 0.15) is 0 Å². The first-order valence-corrected chi connectivity index (χ1v) is 10.1. The zero-order valence-electron chi connectivity index (χ0n) is 14.4. The van der Waals surface area contributed by atoms with Crippen LogP contribution in [0, 0.1) is 12.8 Å². The molecule has 1 amide bonds. The minimum atomic E-state index is -0.0149. The number of amides is 1. The van der Waals surface area contributed by atoms with Gasteiger partial charge in [0, 0.05) is 43.1 Å². The molecule has 1 atom stereocenters. The van der Waals surface area contributed by atoms with Gasteiger partial charge in [-0.25, -0.2) is 4.98 Å². The van der Waals surface area contributed by atoms with Crippen LogP contribution in [0.1, 0.15) is 49.1 Å². The van der Waals surface area contributed by atoms with Crippen LogP contribution in [0.4, 0.5) is 0 Å². The van der Waals surface area contributed by atoms with Crippen LogP contribution in [0.3, 0.4) is 0 Å². The summed E-state index contributed by atoms with van der Waals surface area (Å²) in [5.41, 5.74) is 3.09. The molecule has 3 fully saturated rings. The van der Waals surface area contributed by atoms with E-state index < -0.39 is 0 Å². The Morgan fingerprint density at radius 2 is 2.21 bits per heavy atom. The number of likely N-dealkylation sites (tertiary alicyclic amines) is 1. The van der Waals surface area contributed by atoms with Crippen molar-refractivity contribution in [3.8, 4) is 0 Å². The average Bonchev–Trinajstić information content (AvgIpc) is 3.35. The minimum Gasteiger partial charge on any atom is -0.375 e. The number of hydrogen-bond donors (Lipinski definition) is 1. The third-order valence-corrected chi connectivity index (χ3v) is 6.69. The molecule has 2 saturated heterocycles. The number of hydrogen-bond acceptors (Lipinski definition) is 5. The Hall–Kier alpha value is -0.980. The van der Waals surface area contributed by atoms with Crippen molar-refractivity contribution in [2.45, 2.75) is 63.6 Å². The fourth-order valence-corrected chi connectivity index (χ4v) is 4.78. The summed E-state index contributed by atoms with van der Waals surface area (Å²) in [6.07, 6.45) is 6.24. The molecule has 6 heteroatoms. The smallest absolute Gasteiger partial charge is 0.223 e. The van der Waals surface area contributed by atoms with Crippen molar-refractivity contribution >= 4 is 17.2 Å². The Morgan fingerprint density at radius 1 is 1.42 bits per heavy atom. The highest BCUT2D eigenvalue weighted by molar-refractivity contribution is 7.09. The van der Waals surface area contributed by atoms with Gasteiger partial charge in [0.25, 0.3) is 0 Å². The zero-order chi connectivity index (χ0) is 16.6. The van der Waals surface area contributed by atoms with E-state index in [1.807, 2.05) is 5.51 Å². The summed E-state index contributed by atoms with van der Waals surface area (Å²) < 4.78 is 6.21. The van der Waals surface area contributed by atoms with Crippen molar-refractivity contribution in [2.24, 2.45) is 5.92 Å². The first kappa shape index (κ1) is 16.5. The highest BCUT2D eigenvalue weighted by Gasteiger charge is 2.41. The molecular formula is C18H27N3O2S. The lowest BCUT2D eigenvalue weighted by Gasteiger charge is -2.46. The molecule has 4 rings (SSSR count). The number of ether oxygens (including phenoxy) is 1. The van der Waals surface area contributed by atoms with Gasteiger partial charge in [0.05, 0.1) is 16.8 Å². The molecule has 0 radical (unpaired) electrons.